The summed E-state index contributed by atoms with van der Waals surface area (Å²) >= 11 is 0. The molecule has 0 fully saturated rings. The van der Waals surface area contributed by atoms with Crippen LogP contribution in [0.4, 0.5) is 0 Å². The van der Waals surface area contributed by atoms with Gasteiger partial charge in [-0.2, -0.15) is 0 Å². The van der Waals surface area contributed by atoms with Crippen LogP contribution in [0, 0.1) is 0 Å². The molecule has 0 spiro atoms. The number of hydrogen-bond donors (Lipinski definition) is 0. The Morgan fingerprint density at radius 2 is 1.04 bits per heavy atom. The predicted molar refractivity (Wildman–Crippen MR) is 104 cm³/mol. The molecule has 0 aromatic heterocycles. The van der Waals surface area contributed by atoms with Crippen LogP contribution in [0.15, 0.2) is 30.3 Å². The third kappa shape index (κ3) is 9.69. The van der Waals surface area contributed by atoms with Crippen LogP contribution in [0.1, 0.15) is 84.1 Å². The van der Waals surface area contributed by atoms with Gasteiger partial charge in [0.1, 0.15) is 6.54 Å². The van der Waals surface area contributed by atoms with Gasteiger partial charge in [0.05, 0.1) is 19.6 Å². The van der Waals surface area contributed by atoms with Gasteiger partial charge < -0.3 is 16.9 Å². The normalized spacial score (nSPS) is 11.3. The molecular weight excluding hydrogens is 314 g/mol. The van der Waals surface area contributed by atoms with Crippen molar-refractivity contribution in [3.63, 3.8) is 0 Å². The molecule has 0 aliphatic heterocycles. The van der Waals surface area contributed by atoms with E-state index in [0.717, 1.165) is 0 Å². The van der Waals surface area contributed by atoms with Crippen molar-refractivity contribution in [1.82, 2.24) is 0 Å². The van der Waals surface area contributed by atoms with Gasteiger partial charge in [0.2, 0.25) is 0 Å². The maximum absolute atomic E-state index is 2.33. The first-order chi connectivity index (χ1) is 11.3. The monoisotopic (exact) mass is 353 g/mol. The Kier molecular flexibility index (Phi) is 14.5. The summed E-state index contributed by atoms with van der Waals surface area (Å²) in [6, 6.07) is 11.2. The second-order valence-corrected chi connectivity index (χ2v) is 7.28. The highest BCUT2D eigenvalue weighted by molar-refractivity contribution is 5.13. The van der Waals surface area contributed by atoms with Gasteiger partial charge >= 0.3 is 0 Å². The lowest BCUT2D eigenvalue weighted by Crippen LogP contribution is -3.00. The van der Waals surface area contributed by atoms with E-state index in [1.54, 1.807) is 0 Å². The molecule has 0 N–H and O–H groups in total. The highest BCUT2D eigenvalue weighted by Gasteiger charge is 2.26. The average Bonchev–Trinajstić information content (AvgIpc) is 2.56. The van der Waals surface area contributed by atoms with E-state index in [1.807, 2.05) is 0 Å². The van der Waals surface area contributed by atoms with Gasteiger partial charge in [-0.05, 0) is 38.5 Å². The highest BCUT2D eigenvalue weighted by Crippen LogP contribution is 2.21. The molecule has 0 heterocycles. The fraction of sp³-hybridized carbons (Fsp3) is 0.727. The summed E-state index contributed by atoms with van der Waals surface area (Å²) in [5, 5.41) is 0. The molecule has 0 amide bonds. The summed E-state index contributed by atoms with van der Waals surface area (Å²) in [6.07, 6.45) is 12.3. The molecule has 1 rings (SSSR count). The fourth-order valence-electron chi connectivity index (χ4n) is 3.63. The van der Waals surface area contributed by atoms with E-state index in [0.29, 0.717) is 0 Å². The summed E-state index contributed by atoms with van der Waals surface area (Å²) < 4.78 is 1.32. The first kappa shape index (κ1) is 23.5. The number of quaternary nitrogens is 1. The summed E-state index contributed by atoms with van der Waals surface area (Å²) in [5.41, 5.74) is 1.52. The van der Waals surface area contributed by atoms with Crippen molar-refractivity contribution in [1.29, 1.82) is 0 Å². The average molecular weight is 354 g/mol. The molecule has 0 aliphatic carbocycles. The predicted octanol–water partition coefficient (Wildman–Crippen LogP) is 3.58. The quantitative estimate of drug-likeness (QED) is 0.354. The molecule has 1 aromatic carbocycles. The lowest BCUT2D eigenvalue weighted by Gasteiger charge is -2.39. The van der Waals surface area contributed by atoms with Crippen molar-refractivity contribution < 1.29 is 16.9 Å². The largest absolute Gasteiger partial charge is 1.00 e. The van der Waals surface area contributed by atoms with Crippen LogP contribution in [0.5, 0.6) is 0 Å². The first-order valence-electron chi connectivity index (χ1n) is 10.2. The van der Waals surface area contributed by atoms with Gasteiger partial charge in [-0.25, -0.2) is 0 Å². The zero-order valence-electron chi connectivity index (χ0n) is 16.4. The molecule has 1 aromatic rings. The van der Waals surface area contributed by atoms with E-state index in [9.17, 15) is 0 Å². The minimum atomic E-state index is 0. The second-order valence-electron chi connectivity index (χ2n) is 7.28. The Hall–Kier alpha value is -0.530. The molecule has 0 saturated carbocycles. The van der Waals surface area contributed by atoms with E-state index >= 15 is 0 Å². The van der Waals surface area contributed by atoms with Crippen LogP contribution >= 0.6 is 0 Å². The lowest BCUT2D eigenvalue weighted by molar-refractivity contribution is -0.941. The van der Waals surface area contributed by atoms with Crippen molar-refractivity contribution in [3.05, 3.63) is 35.9 Å². The maximum atomic E-state index is 2.33. The van der Waals surface area contributed by atoms with Crippen LogP contribution in [-0.4, -0.2) is 24.1 Å². The smallest absolute Gasteiger partial charge is 0.104 e. The van der Waals surface area contributed by atoms with Crippen LogP contribution in [0.3, 0.4) is 0 Å². The number of benzene rings is 1. The Labute approximate surface area is 157 Å². The van der Waals surface area contributed by atoms with Crippen LogP contribution in [0.25, 0.3) is 0 Å². The van der Waals surface area contributed by atoms with Gasteiger partial charge in [0.25, 0.3) is 0 Å². The minimum absolute atomic E-state index is 0. The van der Waals surface area contributed by atoms with Gasteiger partial charge in [-0.15, -0.1) is 0 Å². The molecule has 0 radical (unpaired) electrons. The van der Waals surface area contributed by atoms with Gasteiger partial charge in [0, 0.05) is 5.56 Å². The van der Waals surface area contributed by atoms with Crippen molar-refractivity contribution in [2.75, 3.05) is 19.6 Å². The molecule has 0 bridgehead atoms. The Morgan fingerprint density at radius 1 is 0.625 bits per heavy atom. The summed E-state index contributed by atoms with van der Waals surface area (Å²) in [5.74, 6) is 0. The zero-order valence-corrected chi connectivity index (χ0v) is 17.2. The Morgan fingerprint density at radius 3 is 1.42 bits per heavy atom. The fourth-order valence-corrected chi connectivity index (χ4v) is 3.63. The first-order valence-corrected chi connectivity index (χ1v) is 10.2. The van der Waals surface area contributed by atoms with E-state index in [-0.39, 0.29) is 12.4 Å². The van der Waals surface area contributed by atoms with Crippen molar-refractivity contribution in [2.24, 2.45) is 0 Å². The minimum Gasteiger partial charge on any atom is -1.00 e. The molecule has 0 unspecified atom stereocenters. The number of rotatable bonds is 14. The third-order valence-electron chi connectivity index (χ3n) is 5.07. The van der Waals surface area contributed by atoms with E-state index in [4.69, 9.17) is 0 Å². The van der Waals surface area contributed by atoms with Gasteiger partial charge in [0.15, 0.2) is 0 Å². The zero-order chi connectivity index (χ0) is 16.8. The SMILES string of the molecule is CCCCC[N+](CCCCC)(CCCCC)Cc1ccccc1.[Cl-]. The highest BCUT2D eigenvalue weighted by atomic mass is 35.5. The van der Waals surface area contributed by atoms with Crippen LogP contribution in [0.2, 0.25) is 0 Å². The van der Waals surface area contributed by atoms with Gasteiger partial charge in [-0.1, -0.05) is 70.4 Å². The molecular formula is C22H40ClN. The molecule has 0 aliphatic rings. The topological polar surface area (TPSA) is 0 Å². The summed E-state index contributed by atoms with van der Waals surface area (Å²) in [4.78, 5) is 0. The number of halogens is 1. The van der Waals surface area contributed by atoms with Crippen molar-refractivity contribution in [3.8, 4) is 0 Å². The van der Waals surface area contributed by atoms with Crippen LogP contribution < -0.4 is 12.4 Å². The van der Waals surface area contributed by atoms with E-state index in [2.05, 4.69) is 51.1 Å². The van der Waals surface area contributed by atoms with Crippen LogP contribution in [-0.2, 0) is 6.54 Å². The van der Waals surface area contributed by atoms with E-state index in [1.165, 1.54) is 94.0 Å². The second kappa shape index (κ2) is 14.8. The molecule has 24 heavy (non-hydrogen) atoms. The maximum Gasteiger partial charge on any atom is 0.104 e. The molecule has 2 heteroatoms. The summed E-state index contributed by atoms with van der Waals surface area (Å²) in [6.45, 7) is 12.3. The molecule has 140 valence electrons. The molecule has 0 saturated heterocycles. The standard InChI is InChI=1S/C22H40N.ClH/c1-4-7-13-18-23(19-14-8-5-2,20-15-9-6-3)21-22-16-11-10-12-17-22;/h10-12,16-17H,4-9,13-15,18-21H2,1-3H3;1H/q+1;/p-1. The Balaban J connectivity index is 0.00000529. The van der Waals surface area contributed by atoms with E-state index < -0.39 is 0 Å². The van der Waals surface area contributed by atoms with Gasteiger partial charge in [-0.3, -0.25) is 0 Å². The molecule has 0 atom stereocenters. The number of unbranched alkanes of at least 4 members (excludes halogenated alkanes) is 6. The third-order valence-corrected chi connectivity index (χ3v) is 5.07. The lowest BCUT2D eigenvalue weighted by atomic mass is 10.1. The molecule has 1 nitrogen and oxygen atoms in total. The van der Waals surface area contributed by atoms with Crippen molar-refractivity contribution in [2.45, 2.75) is 85.1 Å². The van der Waals surface area contributed by atoms with Crippen molar-refractivity contribution >= 4 is 0 Å². The Bertz CT molecular complexity index is 350. The number of nitrogens with zero attached hydrogens (tertiary/aromatic N) is 1. The summed E-state index contributed by atoms with van der Waals surface area (Å²) in [7, 11) is 0. The number of hydrogen-bond acceptors (Lipinski definition) is 0.